The monoisotopic (exact) mass is 996 g/mol. The molecule has 0 bridgehead atoms. The van der Waals surface area contributed by atoms with Gasteiger partial charge < -0.3 is 18.3 Å². The van der Waals surface area contributed by atoms with Crippen molar-refractivity contribution in [1.29, 1.82) is 5.26 Å². The first-order valence-corrected chi connectivity index (χ1v) is 25.8. The zero-order chi connectivity index (χ0) is 51.4. The van der Waals surface area contributed by atoms with Crippen molar-refractivity contribution in [3.63, 3.8) is 0 Å². The summed E-state index contributed by atoms with van der Waals surface area (Å²) < 4.78 is 9.28. The van der Waals surface area contributed by atoms with E-state index in [-0.39, 0.29) is 0 Å². The quantitative estimate of drug-likeness (QED) is 0.157. The molecule has 9 aromatic heterocycles. The Morgan fingerprint density at radius 3 is 1.00 bits per heavy atom. The largest absolute Gasteiger partial charge is 0.306 e. The molecule has 0 saturated carbocycles. The second kappa shape index (κ2) is 17.0. The van der Waals surface area contributed by atoms with E-state index in [1.54, 1.807) is 0 Å². The lowest BCUT2D eigenvalue weighted by Crippen LogP contribution is -2.16. The number of hydrogen-bond donors (Lipinski definition) is 0. The molecule has 0 amide bonds. The number of pyridine rings is 5. The summed E-state index contributed by atoms with van der Waals surface area (Å²) in [6, 6.07) is 70.5. The highest BCUT2D eigenvalue weighted by molar-refractivity contribution is 6.17. The Kier molecular flexibility index (Phi) is 9.46. The third-order valence-electron chi connectivity index (χ3n) is 15.6. The van der Waals surface area contributed by atoms with Gasteiger partial charge in [0.05, 0.1) is 103 Å². The number of para-hydroxylation sites is 4. The van der Waals surface area contributed by atoms with E-state index in [1.807, 2.05) is 61.7 Å². The molecule has 10 heteroatoms. The fraction of sp³-hybridized carbons (Fsp3) is 0. The van der Waals surface area contributed by atoms with Crippen molar-refractivity contribution in [3.05, 3.63) is 249 Å². The minimum atomic E-state index is 0.426. The van der Waals surface area contributed by atoms with Crippen LogP contribution in [0.1, 0.15) is 5.56 Å². The zero-order valence-electron chi connectivity index (χ0n) is 41.6. The minimum Gasteiger partial charge on any atom is -0.306 e. The Morgan fingerprint density at radius 2 is 0.615 bits per heavy atom. The number of rotatable bonds is 7. The van der Waals surface area contributed by atoms with Crippen molar-refractivity contribution in [1.82, 2.24) is 43.2 Å². The van der Waals surface area contributed by atoms with E-state index in [0.29, 0.717) is 16.9 Å². The SMILES string of the molecule is N#Cc1c(-n2c3ccccc3c3ccncc32)c(-c2cc(-c3ccccc3)nc(-c3ccccc3)c2)c(-n2c3ccccc3c3ccncc32)c(-n2c3ccccc3c3ccncc32)c1-n1c2ccccc2c2ccncc21. The van der Waals surface area contributed by atoms with Crippen LogP contribution in [0.2, 0.25) is 0 Å². The predicted octanol–water partition coefficient (Wildman–Crippen LogP) is 15.9. The number of nitriles is 1. The fourth-order valence-electron chi connectivity index (χ4n) is 12.4. The van der Waals surface area contributed by atoms with Gasteiger partial charge in [-0.05, 0) is 66.2 Å². The molecule has 0 aliphatic rings. The van der Waals surface area contributed by atoms with Crippen LogP contribution < -0.4 is 0 Å². The van der Waals surface area contributed by atoms with Crippen molar-refractivity contribution < 1.29 is 0 Å². The second-order valence-electron chi connectivity index (χ2n) is 19.6. The van der Waals surface area contributed by atoms with Gasteiger partial charge in [-0.25, -0.2) is 4.98 Å². The predicted molar refractivity (Wildman–Crippen MR) is 314 cm³/mol. The van der Waals surface area contributed by atoms with Gasteiger partial charge in [0.25, 0.3) is 0 Å². The molecule has 0 atom stereocenters. The molecule has 0 aliphatic carbocycles. The molecule has 7 aromatic carbocycles. The number of hydrogen-bond acceptors (Lipinski definition) is 6. The van der Waals surface area contributed by atoms with Crippen LogP contribution in [-0.2, 0) is 0 Å². The minimum absolute atomic E-state index is 0.426. The highest BCUT2D eigenvalue weighted by atomic mass is 15.1. The van der Waals surface area contributed by atoms with E-state index in [1.165, 1.54) is 0 Å². The normalized spacial score (nSPS) is 11.8. The second-order valence-corrected chi connectivity index (χ2v) is 19.6. The lowest BCUT2D eigenvalue weighted by molar-refractivity contribution is 1.02. The van der Waals surface area contributed by atoms with Gasteiger partial charge in [-0.1, -0.05) is 133 Å². The van der Waals surface area contributed by atoms with Gasteiger partial charge in [-0.15, -0.1) is 0 Å². The molecular weight excluding hydrogens is 957 g/mol. The van der Waals surface area contributed by atoms with Crippen molar-refractivity contribution >= 4 is 87.2 Å². The molecule has 16 aromatic rings. The number of benzene rings is 7. The maximum absolute atomic E-state index is 12.9. The Morgan fingerprint density at radius 1 is 0.295 bits per heavy atom. The average Bonchev–Trinajstić information content (AvgIpc) is 4.34. The summed E-state index contributed by atoms with van der Waals surface area (Å²) in [7, 11) is 0. The molecule has 0 radical (unpaired) electrons. The van der Waals surface area contributed by atoms with Crippen LogP contribution in [0.15, 0.2) is 244 Å². The fourth-order valence-corrected chi connectivity index (χ4v) is 12.4. The Bertz CT molecular complexity index is 4900. The standard InChI is InChI=1S/C68H40N10/c69-37-53-65(75-56-23-11-7-19-45(56)49-27-31-70-38-60(49)75)64(44-35-54(42-15-3-1-4-16-42)74-55(36-44)43-17-5-2-6-18-43)67(77-58-25-13-9-21-47(58)51-29-33-72-40-62(51)77)68(78-59-26-14-10-22-48(59)52-30-34-73-41-63(52)78)66(53)76-57-24-12-8-20-46(57)50-28-32-71-39-61(50)76/h1-36,38-41H. The third-order valence-corrected chi connectivity index (χ3v) is 15.6. The number of aromatic nitrogens is 9. The van der Waals surface area contributed by atoms with Crippen molar-refractivity contribution in [3.8, 4) is 62.5 Å². The van der Waals surface area contributed by atoms with Gasteiger partial charge in [0, 0.05) is 84.6 Å². The van der Waals surface area contributed by atoms with Gasteiger partial charge in [0.1, 0.15) is 11.6 Å². The van der Waals surface area contributed by atoms with E-state index < -0.39 is 0 Å². The molecule has 0 saturated heterocycles. The molecule has 362 valence electrons. The molecule has 9 heterocycles. The molecule has 0 unspecified atom stereocenters. The van der Waals surface area contributed by atoms with E-state index in [0.717, 1.165) is 132 Å². The summed E-state index contributed by atoms with van der Waals surface area (Å²) in [5.74, 6) is 0. The van der Waals surface area contributed by atoms with Gasteiger partial charge in [0.2, 0.25) is 0 Å². The summed E-state index contributed by atoms with van der Waals surface area (Å²) >= 11 is 0. The first-order chi connectivity index (χ1) is 38.7. The zero-order valence-corrected chi connectivity index (χ0v) is 41.6. The topological polar surface area (TPSA) is 108 Å². The molecule has 78 heavy (non-hydrogen) atoms. The van der Waals surface area contributed by atoms with Crippen molar-refractivity contribution in [2.24, 2.45) is 0 Å². The Balaban J connectivity index is 1.27. The third kappa shape index (κ3) is 6.21. The maximum atomic E-state index is 12.9. The Hall–Kier alpha value is -11.0. The smallest absolute Gasteiger partial charge is 0.104 e. The van der Waals surface area contributed by atoms with Gasteiger partial charge >= 0.3 is 0 Å². The van der Waals surface area contributed by atoms with E-state index in [9.17, 15) is 5.26 Å². The highest BCUT2D eigenvalue weighted by Gasteiger charge is 2.35. The summed E-state index contributed by atoms with van der Waals surface area (Å²) in [5, 5.41) is 21.1. The van der Waals surface area contributed by atoms with E-state index >= 15 is 0 Å². The highest BCUT2D eigenvalue weighted by Crippen LogP contribution is 2.52. The summed E-state index contributed by atoms with van der Waals surface area (Å²) in [4.78, 5) is 25.0. The number of fused-ring (bicyclic) bond motifs is 12. The van der Waals surface area contributed by atoms with Crippen LogP contribution in [0, 0.1) is 11.3 Å². The van der Waals surface area contributed by atoms with Gasteiger partial charge in [-0.3, -0.25) is 19.9 Å². The van der Waals surface area contributed by atoms with Crippen LogP contribution >= 0.6 is 0 Å². The lowest BCUT2D eigenvalue weighted by Gasteiger charge is -2.29. The first kappa shape index (κ1) is 43.4. The van der Waals surface area contributed by atoms with Crippen LogP contribution in [0.3, 0.4) is 0 Å². The van der Waals surface area contributed by atoms with Crippen LogP contribution in [0.5, 0.6) is 0 Å². The van der Waals surface area contributed by atoms with Crippen molar-refractivity contribution in [2.45, 2.75) is 0 Å². The summed E-state index contributed by atoms with van der Waals surface area (Å²) in [5.41, 5.74) is 15.5. The van der Waals surface area contributed by atoms with Crippen LogP contribution in [0.4, 0.5) is 0 Å². The molecule has 0 N–H and O–H groups in total. The van der Waals surface area contributed by atoms with Gasteiger partial charge in [-0.2, -0.15) is 5.26 Å². The first-order valence-electron chi connectivity index (χ1n) is 25.8. The van der Waals surface area contributed by atoms with E-state index in [2.05, 4.69) is 206 Å². The van der Waals surface area contributed by atoms with Crippen LogP contribution in [0.25, 0.3) is 144 Å². The molecule has 16 rings (SSSR count). The molecule has 0 spiro atoms. The van der Waals surface area contributed by atoms with Crippen molar-refractivity contribution in [2.75, 3.05) is 0 Å². The number of nitrogens with zero attached hydrogens (tertiary/aromatic N) is 10. The molecule has 0 aliphatic heterocycles. The molecule has 0 fully saturated rings. The summed E-state index contributed by atoms with van der Waals surface area (Å²) in [6.07, 6.45) is 15.2. The molecular formula is C68H40N10. The van der Waals surface area contributed by atoms with E-state index in [4.69, 9.17) is 24.9 Å². The van der Waals surface area contributed by atoms with Gasteiger partial charge in [0.15, 0.2) is 0 Å². The molecule has 10 nitrogen and oxygen atoms in total. The summed E-state index contributed by atoms with van der Waals surface area (Å²) in [6.45, 7) is 0. The van der Waals surface area contributed by atoms with Crippen LogP contribution in [-0.4, -0.2) is 43.2 Å². The maximum Gasteiger partial charge on any atom is 0.104 e. The average molecular weight is 997 g/mol. The lowest BCUT2D eigenvalue weighted by atomic mass is 9.91. The Labute approximate surface area is 445 Å².